The average molecular weight is 175 g/mol. The number of hydrogen-bond donors (Lipinski definition) is 3. The van der Waals surface area contributed by atoms with Crippen molar-refractivity contribution in [3.8, 4) is 0 Å². The van der Waals surface area contributed by atoms with Gasteiger partial charge in [-0.2, -0.15) is 0 Å². The van der Waals surface area contributed by atoms with Crippen LogP contribution >= 0.6 is 17.7 Å². The summed E-state index contributed by atoms with van der Waals surface area (Å²) in [6, 6.07) is 0. The number of phosphoric acid groups is 1. The maximum atomic E-state index is 8.88. The summed E-state index contributed by atoms with van der Waals surface area (Å²) in [5, 5.41) is 0. The van der Waals surface area contributed by atoms with Gasteiger partial charge in [0.25, 0.3) is 0 Å². The van der Waals surface area contributed by atoms with Crippen LogP contribution in [0.3, 0.4) is 0 Å². The summed E-state index contributed by atoms with van der Waals surface area (Å²) >= 11 is 0. The van der Waals surface area contributed by atoms with Crippen molar-refractivity contribution < 1.29 is 78.4 Å². The molecule has 0 heterocycles. The van der Waals surface area contributed by atoms with Gasteiger partial charge < -0.3 is 14.7 Å². The second-order valence-corrected chi connectivity index (χ2v) is 1.54. The molecule has 0 bridgehead atoms. The molecule has 0 saturated carbocycles. The minimum absolute atomic E-state index is 0. The molecule has 0 aliphatic carbocycles. The van der Waals surface area contributed by atoms with E-state index in [1.165, 1.54) is 0 Å². The van der Waals surface area contributed by atoms with E-state index in [4.69, 9.17) is 19.2 Å². The molecular formula is H3Na2O4P2+5. The van der Waals surface area contributed by atoms with Crippen molar-refractivity contribution in [2.24, 2.45) is 0 Å². The Kier molecular flexibility index (Phi) is 26.7. The van der Waals surface area contributed by atoms with Crippen molar-refractivity contribution in [2.75, 3.05) is 0 Å². The van der Waals surface area contributed by atoms with Gasteiger partial charge in [-0.05, 0) is 0 Å². The van der Waals surface area contributed by atoms with Crippen LogP contribution in [-0.4, -0.2) is 14.7 Å². The van der Waals surface area contributed by atoms with Crippen LogP contribution in [0.5, 0.6) is 0 Å². The first-order chi connectivity index (χ1) is 2.00. The fraction of sp³-hybridized carbons (Fsp3) is 0. The SMILES string of the molecule is O=P(O)(O)O.[Na+].[Na+].[P+3]. The third kappa shape index (κ3) is 75.3. The van der Waals surface area contributed by atoms with Crippen molar-refractivity contribution in [2.45, 2.75) is 0 Å². The first kappa shape index (κ1) is 22.4. The first-order valence-electron chi connectivity index (χ1n) is 0.783. The molecule has 0 aromatic carbocycles. The van der Waals surface area contributed by atoms with E-state index in [0.717, 1.165) is 0 Å². The summed E-state index contributed by atoms with van der Waals surface area (Å²) in [4.78, 5) is 21.6. The molecule has 8 heavy (non-hydrogen) atoms. The predicted molar refractivity (Wildman–Crippen MR) is 21.2 cm³/mol. The standard InChI is InChI=1S/2Na.H3O4P.P/c;;1-5(2,3)4;/h;;(H3,1,2,3,4);/q2*+1;;+3. The van der Waals surface area contributed by atoms with Gasteiger partial charge in [0.2, 0.25) is 0 Å². The second-order valence-electron chi connectivity index (χ2n) is 0.513. The molecule has 0 aliphatic heterocycles. The Balaban J connectivity index is -0.0000000267. The predicted octanol–water partition coefficient (Wildman–Crippen LogP) is -6.06. The maximum absolute atomic E-state index is 8.88. The van der Waals surface area contributed by atoms with Gasteiger partial charge in [0, 0.05) is 0 Å². The molecule has 0 saturated heterocycles. The molecule has 4 nitrogen and oxygen atoms in total. The van der Waals surface area contributed by atoms with Gasteiger partial charge in [-0.15, -0.1) is 0 Å². The van der Waals surface area contributed by atoms with Crippen molar-refractivity contribution >= 4 is 17.7 Å². The minimum Gasteiger partial charge on any atom is -0.303 e. The van der Waals surface area contributed by atoms with Crippen LogP contribution in [0.1, 0.15) is 0 Å². The quantitative estimate of drug-likeness (QED) is 0.253. The monoisotopic (exact) mass is 175 g/mol. The van der Waals surface area contributed by atoms with E-state index in [9.17, 15) is 0 Å². The van der Waals surface area contributed by atoms with Crippen LogP contribution < -0.4 is 59.1 Å². The van der Waals surface area contributed by atoms with Crippen LogP contribution in [0.25, 0.3) is 0 Å². The molecule has 2 radical (unpaired) electrons. The van der Waals surface area contributed by atoms with Crippen molar-refractivity contribution in [3.63, 3.8) is 0 Å². The summed E-state index contributed by atoms with van der Waals surface area (Å²) in [6.45, 7) is 0. The van der Waals surface area contributed by atoms with Crippen molar-refractivity contribution in [1.82, 2.24) is 0 Å². The van der Waals surface area contributed by atoms with Crippen molar-refractivity contribution in [1.29, 1.82) is 0 Å². The Morgan fingerprint density at radius 1 is 1.00 bits per heavy atom. The molecule has 0 rings (SSSR count). The zero-order valence-corrected chi connectivity index (χ0v) is 10.4. The largest absolute Gasteiger partial charge is 3.00 e. The second kappa shape index (κ2) is 9.54. The molecule has 0 aliphatic rings. The summed E-state index contributed by atoms with van der Waals surface area (Å²) in [5.41, 5.74) is 0. The number of rotatable bonds is 0. The van der Waals surface area contributed by atoms with Crippen LogP contribution in [0.2, 0.25) is 0 Å². The molecule has 0 aromatic heterocycles. The molecular weight excluding hydrogens is 172 g/mol. The zero-order valence-electron chi connectivity index (χ0n) is 4.64. The molecule has 0 aromatic rings. The number of hydrogen-bond acceptors (Lipinski definition) is 1. The maximum Gasteiger partial charge on any atom is 3.00 e. The molecule has 0 atom stereocenters. The van der Waals surface area contributed by atoms with E-state index in [1.807, 2.05) is 0 Å². The van der Waals surface area contributed by atoms with Gasteiger partial charge in [-0.3, -0.25) is 0 Å². The Hall–Kier alpha value is 2.54. The van der Waals surface area contributed by atoms with Crippen LogP contribution in [0.4, 0.5) is 0 Å². The molecule has 0 amide bonds. The normalized spacial score (nSPS) is 7.38. The van der Waals surface area contributed by atoms with Gasteiger partial charge in [0.1, 0.15) is 0 Å². The van der Waals surface area contributed by atoms with Crippen molar-refractivity contribution in [3.05, 3.63) is 0 Å². The van der Waals surface area contributed by atoms with E-state index in [2.05, 4.69) is 0 Å². The first-order valence-corrected chi connectivity index (χ1v) is 2.35. The fourth-order valence-corrected chi connectivity index (χ4v) is 0. The summed E-state index contributed by atoms with van der Waals surface area (Å²) in [5.74, 6) is 0. The van der Waals surface area contributed by atoms with Gasteiger partial charge in [0.15, 0.2) is 0 Å². The molecule has 3 N–H and O–H groups in total. The summed E-state index contributed by atoms with van der Waals surface area (Å²) in [7, 11) is -4.64. The summed E-state index contributed by atoms with van der Waals surface area (Å²) in [6.07, 6.45) is 0. The molecule has 34 valence electrons. The van der Waals surface area contributed by atoms with Gasteiger partial charge >= 0.3 is 76.8 Å². The van der Waals surface area contributed by atoms with E-state index < -0.39 is 7.82 Å². The average Bonchev–Trinajstić information content (AvgIpc) is 0.722. The molecule has 0 spiro atoms. The topological polar surface area (TPSA) is 77.8 Å². The Labute approximate surface area is 94.9 Å². The van der Waals surface area contributed by atoms with E-state index in [0.29, 0.717) is 0 Å². The van der Waals surface area contributed by atoms with Crippen LogP contribution in [-0.2, 0) is 4.57 Å². The van der Waals surface area contributed by atoms with Crippen LogP contribution in [0.15, 0.2) is 0 Å². The van der Waals surface area contributed by atoms with Crippen LogP contribution in [0, 0.1) is 0 Å². The Morgan fingerprint density at radius 3 is 1.00 bits per heavy atom. The van der Waals surface area contributed by atoms with Gasteiger partial charge in [-0.1, -0.05) is 0 Å². The third-order valence-corrected chi connectivity index (χ3v) is 0. The smallest absolute Gasteiger partial charge is 0.303 e. The molecule has 0 fully saturated rings. The molecule has 8 heteroatoms. The third-order valence-electron chi connectivity index (χ3n) is 0. The van der Waals surface area contributed by atoms with E-state index in [-0.39, 0.29) is 69.0 Å². The van der Waals surface area contributed by atoms with E-state index >= 15 is 0 Å². The minimum atomic E-state index is -4.64. The van der Waals surface area contributed by atoms with E-state index in [1.54, 1.807) is 0 Å². The zero-order chi connectivity index (χ0) is 4.50. The van der Waals surface area contributed by atoms with Gasteiger partial charge in [0.05, 0.1) is 0 Å². The Bertz CT molecular complexity index is 58.2. The fourth-order valence-electron chi connectivity index (χ4n) is 0. The van der Waals surface area contributed by atoms with Gasteiger partial charge in [-0.25, -0.2) is 4.57 Å². The summed E-state index contributed by atoms with van der Waals surface area (Å²) < 4.78 is 8.88. The molecule has 0 unspecified atom stereocenters. The Morgan fingerprint density at radius 2 is 1.00 bits per heavy atom.